The van der Waals surface area contributed by atoms with Gasteiger partial charge in [-0.05, 0) is 43.4 Å². The van der Waals surface area contributed by atoms with E-state index in [9.17, 15) is 9.18 Å². The zero-order valence-electron chi connectivity index (χ0n) is 12.3. The minimum Gasteiger partial charge on any atom is -0.494 e. The van der Waals surface area contributed by atoms with E-state index in [1.54, 1.807) is 12.1 Å². The molecule has 0 N–H and O–H groups in total. The quantitative estimate of drug-likeness (QED) is 0.840. The van der Waals surface area contributed by atoms with Crippen LogP contribution in [0.1, 0.15) is 37.7 Å². The van der Waals surface area contributed by atoms with Crippen LogP contribution < -0.4 is 4.74 Å². The first-order valence-corrected chi connectivity index (χ1v) is 8.60. The predicted octanol–water partition coefficient (Wildman–Crippen LogP) is 4.01. The van der Waals surface area contributed by atoms with Crippen molar-refractivity contribution in [3.05, 3.63) is 29.6 Å². The Kier molecular flexibility index (Phi) is 4.53. The molecule has 3 rings (SSSR count). The Labute approximate surface area is 129 Å². The Balaban J connectivity index is 1.64. The smallest absolute Gasteiger partial charge is 0.165 e. The van der Waals surface area contributed by atoms with E-state index < -0.39 is 0 Å². The minimum absolute atomic E-state index is 0.173. The molecule has 4 heteroatoms. The lowest BCUT2D eigenvalue weighted by Gasteiger charge is -2.38. The fourth-order valence-corrected chi connectivity index (χ4v) is 5.32. The van der Waals surface area contributed by atoms with Crippen LogP contribution in [-0.2, 0) is 11.2 Å². The van der Waals surface area contributed by atoms with Gasteiger partial charge in [0.05, 0.1) is 7.11 Å². The zero-order valence-corrected chi connectivity index (χ0v) is 13.1. The number of Topliss-reactive ketones (excluding diaryl/α,β-unsaturated/α-hetero) is 1. The van der Waals surface area contributed by atoms with Crippen molar-refractivity contribution in [2.75, 3.05) is 7.11 Å². The molecule has 21 heavy (non-hydrogen) atoms. The van der Waals surface area contributed by atoms with Gasteiger partial charge in [-0.25, -0.2) is 4.39 Å². The van der Waals surface area contributed by atoms with Gasteiger partial charge in [0.25, 0.3) is 0 Å². The molecular weight excluding hydrogens is 287 g/mol. The highest BCUT2D eigenvalue weighted by Gasteiger charge is 2.35. The van der Waals surface area contributed by atoms with Gasteiger partial charge < -0.3 is 4.74 Å². The summed E-state index contributed by atoms with van der Waals surface area (Å²) in [5.41, 5.74) is 0.752. The summed E-state index contributed by atoms with van der Waals surface area (Å²) in [6, 6.07) is 4.82. The Bertz CT molecular complexity index is 520. The maximum atomic E-state index is 13.7. The summed E-state index contributed by atoms with van der Waals surface area (Å²) in [5, 5.41) is 1.33. The molecule has 0 aromatic heterocycles. The van der Waals surface area contributed by atoms with E-state index in [1.165, 1.54) is 32.4 Å². The molecule has 2 heterocycles. The maximum Gasteiger partial charge on any atom is 0.165 e. The number of benzene rings is 1. The van der Waals surface area contributed by atoms with Gasteiger partial charge in [-0.15, -0.1) is 0 Å². The summed E-state index contributed by atoms with van der Waals surface area (Å²) in [5.74, 6) is 0.289. The lowest BCUT2D eigenvalue weighted by atomic mass is 9.85. The van der Waals surface area contributed by atoms with E-state index in [4.69, 9.17) is 4.74 Å². The molecular formula is C17H21FO2S. The van der Waals surface area contributed by atoms with E-state index in [0.29, 0.717) is 16.9 Å². The summed E-state index contributed by atoms with van der Waals surface area (Å²) in [6.45, 7) is 0. The van der Waals surface area contributed by atoms with Crippen LogP contribution in [0.5, 0.6) is 5.75 Å². The fourth-order valence-electron chi connectivity index (χ4n) is 3.49. The van der Waals surface area contributed by atoms with Crippen molar-refractivity contribution in [3.8, 4) is 5.75 Å². The topological polar surface area (TPSA) is 26.3 Å². The van der Waals surface area contributed by atoms with Crippen molar-refractivity contribution in [1.29, 1.82) is 0 Å². The van der Waals surface area contributed by atoms with Crippen LogP contribution in [0.2, 0.25) is 0 Å². The molecule has 2 fully saturated rings. The van der Waals surface area contributed by atoms with Crippen LogP contribution in [0.25, 0.3) is 0 Å². The zero-order chi connectivity index (χ0) is 14.8. The van der Waals surface area contributed by atoms with Crippen molar-refractivity contribution >= 4 is 17.5 Å². The van der Waals surface area contributed by atoms with Crippen LogP contribution in [0.4, 0.5) is 4.39 Å². The van der Waals surface area contributed by atoms with Gasteiger partial charge in [0.2, 0.25) is 0 Å². The Morgan fingerprint density at radius 1 is 1.33 bits per heavy atom. The largest absolute Gasteiger partial charge is 0.494 e. The number of ketones is 1. The molecule has 2 aliphatic heterocycles. The van der Waals surface area contributed by atoms with E-state index >= 15 is 0 Å². The lowest BCUT2D eigenvalue weighted by molar-refractivity contribution is -0.122. The average Bonchev–Trinajstić information content (AvgIpc) is 2.47. The van der Waals surface area contributed by atoms with Gasteiger partial charge in [0.15, 0.2) is 11.6 Å². The van der Waals surface area contributed by atoms with E-state index in [1.807, 2.05) is 0 Å². The minimum atomic E-state index is -0.390. The average molecular weight is 308 g/mol. The second-order valence-corrected chi connectivity index (χ2v) is 7.70. The highest BCUT2D eigenvalue weighted by atomic mass is 32.2. The highest BCUT2D eigenvalue weighted by molar-refractivity contribution is 8.00. The summed E-state index contributed by atoms with van der Waals surface area (Å²) in [7, 11) is 1.45. The molecule has 0 aliphatic carbocycles. The van der Waals surface area contributed by atoms with Gasteiger partial charge in [-0.3, -0.25) is 4.79 Å². The Morgan fingerprint density at radius 3 is 2.67 bits per heavy atom. The third-order valence-electron chi connectivity index (χ3n) is 4.58. The first-order valence-electron chi connectivity index (χ1n) is 7.66. The van der Waals surface area contributed by atoms with Crippen LogP contribution in [0.15, 0.2) is 18.2 Å². The molecule has 2 unspecified atom stereocenters. The number of carbonyl (C=O) groups excluding carboxylic acids is 1. The Hall–Kier alpha value is -1.03. The number of ether oxygens (including phenoxy) is 1. The lowest BCUT2D eigenvalue weighted by Crippen LogP contribution is -2.33. The van der Waals surface area contributed by atoms with Gasteiger partial charge in [0, 0.05) is 22.8 Å². The first-order chi connectivity index (χ1) is 10.2. The van der Waals surface area contributed by atoms with Crippen molar-refractivity contribution in [3.63, 3.8) is 0 Å². The molecule has 114 valence electrons. The monoisotopic (exact) mass is 308 g/mol. The van der Waals surface area contributed by atoms with Crippen LogP contribution >= 0.6 is 11.8 Å². The maximum absolute atomic E-state index is 13.7. The molecule has 0 radical (unpaired) electrons. The van der Waals surface area contributed by atoms with Crippen LogP contribution in [0, 0.1) is 11.7 Å². The number of carbonyl (C=O) groups is 1. The highest BCUT2D eigenvalue weighted by Crippen LogP contribution is 2.44. The van der Waals surface area contributed by atoms with E-state index in [-0.39, 0.29) is 23.3 Å². The molecule has 2 bridgehead atoms. The van der Waals surface area contributed by atoms with E-state index in [0.717, 1.165) is 18.4 Å². The fraction of sp³-hybridized carbons (Fsp3) is 0.588. The third kappa shape index (κ3) is 3.42. The number of fused-ring (bicyclic) bond motifs is 2. The summed E-state index contributed by atoms with van der Waals surface area (Å²) in [4.78, 5) is 12.5. The number of rotatable bonds is 4. The van der Waals surface area contributed by atoms with Gasteiger partial charge >= 0.3 is 0 Å². The summed E-state index contributed by atoms with van der Waals surface area (Å²) < 4.78 is 18.6. The predicted molar refractivity (Wildman–Crippen MR) is 83.4 cm³/mol. The Morgan fingerprint density at radius 2 is 2.05 bits per heavy atom. The second kappa shape index (κ2) is 6.39. The molecule has 0 amide bonds. The van der Waals surface area contributed by atoms with E-state index in [2.05, 4.69) is 11.8 Å². The SMILES string of the molecule is COc1ccc(CC(=O)C2CC3CCCC(C2)S3)cc1F. The van der Waals surface area contributed by atoms with Gasteiger partial charge in [-0.2, -0.15) is 11.8 Å². The first kappa shape index (κ1) is 14.9. The van der Waals surface area contributed by atoms with Gasteiger partial charge in [0.1, 0.15) is 5.78 Å². The number of methoxy groups -OCH3 is 1. The normalized spacial score (nSPS) is 28.2. The number of halogens is 1. The van der Waals surface area contributed by atoms with Crippen molar-refractivity contribution in [1.82, 2.24) is 0 Å². The molecule has 2 atom stereocenters. The molecule has 1 aromatic carbocycles. The molecule has 0 spiro atoms. The molecule has 0 saturated carbocycles. The molecule has 1 aromatic rings. The molecule has 2 aliphatic rings. The number of hydrogen-bond donors (Lipinski definition) is 0. The number of hydrogen-bond acceptors (Lipinski definition) is 3. The van der Waals surface area contributed by atoms with Crippen molar-refractivity contribution < 1.29 is 13.9 Å². The standard InChI is InChI=1S/C17H21FO2S/c1-20-17-6-5-11(7-15(17)18)8-16(19)12-9-13-3-2-4-14(10-12)21-13/h5-7,12-14H,2-4,8-10H2,1H3. The summed E-state index contributed by atoms with van der Waals surface area (Å²) >= 11 is 2.08. The van der Waals surface area contributed by atoms with Crippen molar-refractivity contribution in [2.24, 2.45) is 5.92 Å². The second-order valence-electron chi connectivity index (χ2n) is 6.09. The number of thioether (sulfide) groups is 1. The van der Waals surface area contributed by atoms with Gasteiger partial charge in [-0.1, -0.05) is 12.5 Å². The molecule has 2 saturated heterocycles. The summed E-state index contributed by atoms with van der Waals surface area (Å²) in [6.07, 6.45) is 6.18. The third-order valence-corrected chi connectivity index (χ3v) is 6.21. The molecule has 2 nitrogen and oxygen atoms in total. The van der Waals surface area contributed by atoms with Crippen LogP contribution in [-0.4, -0.2) is 23.4 Å². The van der Waals surface area contributed by atoms with Crippen molar-refractivity contribution in [2.45, 2.75) is 49.0 Å². The van der Waals surface area contributed by atoms with Crippen LogP contribution in [0.3, 0.4) is 0 Å².